The van der Waals surface area contributed by atoms with Crippen LogP contribution < -0.4 is 0 Å². The van der Waals surface area contributed by atoms with Crippen LogP contribution in [0, 0.1) is 0 Å². The molecule has 0 saturated carbocycles. The first kappa shape index (κ1) is 14.9. The van der Waals surface area contributed by atoms with E-state index in [1.807, 2.05) is 0 Å². The van der Waals surface area contributed by atoms with Gasteiger partial charge in [0.25, 0.3) is 5.92 Å². The van der Waals surface area contributed by atoms with E-state index >= 15 is 0 Å². The van der Waals surface area contributed by atoms with E-state index in [1.165, 1.54) is 12.1 Å². The smallest absolute Gasteiger partial charge is 0.317 e. The first-order valence-electron chi connectivity index (χ1n) is 6.57. The van der Waals surface area contributed by atoms with Gasteiger partial charge in [0.15, 0.2) is 0 Å². The van der Waals surface area contributed by atoms with Crippen molar-refractivity contribution in [1.82, 2.24) is 9.80 Å². The van der Waals surface area contributed by atoms with Crippen molar-refractivity contribution in [2.24, 2.45) is 0 Å². The molecule has 0 bridgehead atoms. The molecule has 6 heteroatoms. The number of benzene rings is 1. The van der Waals surface area contributed by atoms with Crippen molar-refractivity contribution in [3.05, 3.63) is 35.9 Å². The summed E-state index contributed by atoms with van der Waals surface area (Å²) >= 11 is 0. The molecule has 0 amide bonds. The number of rotatable bonds is 5. The Bertz CT molecular complexity index is 446. The van der Waals surface area contributed by atoms with E-state index in [4.69, 9.17) is 5.11 Å². The van der Waals surface area contributed by atoms with Crippen LogP contribution in [0.3, 0.4) is 0 Å². The minimum atomic E-state index is -2.88. The number of hydrogen-bond donors (Lipinski definition) is 1. The molecule has 1 saturated heterocycles. The van der Waals surface area contributed by atoms with E-state index in [1.54, 1.807) is 28.0 Å². The number of alkyl halides is 2. The Morgan fingerprint density at radius 2 is 1.65 bits per heavy atom. The van der Waals surface area contributed by atoms with Crippen LogP contribution in [0.4, 0.5) is 8.78 Å². The largest absolute Gasteiger partial charge is 0.480 e. The highest BCUT2D eigenvalue weighted by Crippen LogP contribution is 2.29. The number of aliphatic carboxylic acids is 1. The fourth-order valence-corrected chi connectivity index (χ4v) is 2.35. The van der Waals surface area contributed by atoms with Gasteiger partial charge in [0.1, 0.15) is 0 Å². The van der Waals surface area contributed by atoms with Crippen LogP contribution in [0.15, 0.2) is 30.3 Å². The van der Waals surface area contributed by atoms with Gasteiger partial charge in [-0.3, -0.25) is 14.6 Å². The molecule has 1 aromatic carbocycles. The molecule has 1 heterocycles. The van der Waals surface area contributed by atoms with E-state index < -0.39 is 11.9 Å². The number of carbonyl (C=O) groups is 1. The molecule has 1 N–H and O–H groups in total. The van der Waals surface area contributed by atoms with Gasteiger partial charge in [-0.15, -0.1) is 0 Å². The number of carboxylic acids is 1. The van der Waals surface area contributed by atoms with Crippen LogP contribution in [0.5, 0.6) is 0 Å². The lowest BCUT2D eigenvalue weighted by atomic mass is 10.1. The second-order valence-electron chi connectivity index (χ2n) is 5.02. The predicted octanol–water partition coefficient (Wildman–Crippen LogP) is 1.48. The number of hydrogen-bond acceptors (Lipinski definition) is 3. The Kier molecular flexibility index (Phi) is 4.67. The SMILES string of the molecule is O=C(O)CN1CCN(CC(F)(F)c2ccccc2)CC1. The van der Waals surface area contributed by atoms with Crippen LogP contribution in [-0.4, -0.2) is 60.1 Å². The molecule has 0 unspecified atom stereocenters. The molecule has 1 aliphatic rings. The highest BCUT2D eigenvalue weighted by atomic mass is 19.3. The summed E-state index contributed by atoms with van der Waals surface area (Å²) in [6.45, 7) is 1.61. The lowest BCUT2D eigenvalue weighted by molar-refractivity contribution is -0.139. The fraction of sp³-hybridized carbons (Fsp3) is 0.500. The molecule has 0 atom stereocenters. The Balaban J connectivity index is 1.87. The first-order chi connectivity index (χ1) is 9.47. The van der Waals surface area contributed by atoms with Gasteiger partial charge in [-0.05, 0) is 0 Å². The van der Waals surface area contributed by atoms with Crippen molar-refractivity contribution in [2.45, 2.75) is 5.92 Å². The van der Waals surface area contributed by atoms with E-state index in [-0.39, 0.29) is 18.7 Å². The molecule has 0 spiro atoms. The Hall–Kier alpha value is -1.53. The second kappa shape index (κ2) is 6.28. The molecular formula is C14H18F2N2O2. The van der Waals surface area contributed by atoms with Gasteiger partial charge in [0.2, 0.25) is 0 Å². The predicted molar refractivity (Wildman–Crippen MR) is 70.9 cm³/mol. The summed E-state index contributed by atoms with van der Waals surface area (Å²) in [5, 5.41) is 8.69. The third kappa shape index (κ3) is 3.98. The maximum absolute atomic E-state index is 14.1. The van der Waals surface area contributed by atoms with E-state index in [0.29, 0.717) is 26.2 Å². The molecule has 1 fully saturated rings. The minimum absolute atomic E-state index is 0.0213. The molecular weight excluding hydrogens is 266 g/mol. The van der Waals surface area contributed by atoms with Crippen LogP contribution >= 0.6 is 0 Å². The highest BCUT2D eigenvalue weighted by molar-refractivity contribution is 5.69. The average Bonchev–Trinajstić information content (AvgIpc) is 2.41. The molecule has 0 aliphatic carbocycles. The lowest BCUT2D eigenvalue weighted by Crippen LogP contribution is -2.50. The molecule has 20 heavy (non-hydrogen) atoms. The normalized spacial score (nSPS) is 18.1. The minimum Gasteiger partial charge on any atom is -0.480 e. The maximum Gasteiger partial charge on any atom is 0.317 e. The third-order valence-corrected chi connectivity index (χ3v) is 3.44. The molecule has 110 valence electrons. The van der Waals surface area contributed by atoms with Gasteiger partial charge < -0.3 is 5.11 Å². The van der Waals surface area contributed by atoms with Crippen molar-refractivity contribution in [3.63, 3.8) is 0 Å². The molecule has 0 radical (unpaired) electrons. The fourth-order valence-electron chi connectivity index (χ4n) is 2.35. The van der Waals surface area contributed by atoms with Crippen LogP contribution in [0.1, 0.15) is 5.56 Å². The Morgan fingerprint density at radius 3 is 2.20 bits per heavy atom. The number of carboxylic acid groups (broad SMARTS) is 1. The molecule has 4 nitrogen and oxygen atoms in total. The van der Waals surface area contributed by atoms with Gasteiger partial charge >= 0.3 is 5.97 Å². The molecule has 2 rings (SSSR count). The third-order valence-electron chi connectivity index (χ3n) is 3.44. The van der Waals surface area contributed by atoms with Gasteiger partial charge in [-0.25, -0.2) is 0 Å². The van der Waals surface area contributed by atoms with Gasteiger partial charge in [-0.2, -0.15) is 8.78 Å². The monoisotopic (exact) mass is 284 g/mol. The summed E-state index contributed by atoms with van der Waals surface area (Å²) in [7, 11) is 0. The number of piperazine rings is 1. The summed E-state index contributed by atoms with van der Waals surface area (Å²) in [6.07, 6.45) is 0. The maximum atomic E-state index is 14.1. The van der Waals surface area contributed by atoms with Crippen molar-refractivity contribution in [2.75, 3.05) is 39.3 Å². The van der Waals surface area contributed by atoms with Gasteiger partial charge in [0, 0.05) is 31.7 Å². The first-order valence-corrected chi connectivity index (χ1v) is 6.57. The highest BCUT2D eigenvalue weighted by Gasteiger charge is 2.34. The van der Waals surface area contributed by atoms with E-state index in [2.05, 4.69) is 0 Å². The molecule has 0 aromatic heterocycles. The standard InChI is InChI=1S/C14H18F2N2O2/c15-14(16,12-4-2-1-3-5-12)11-18-8-6-17(7-9-18)10-13(19)20/h1-5H,6-11H2,(H,19,20). The topological polar surface area (TPSA) is 43.8 Å². The van der Waals surface area contributed by atoms with Gasteiger partial charge in [-0.1, -0.05) is 30.3 Å². The summed E-state index contributed by atoms with van der Waals surface area (Å²) in [5.41, 5.74) is 0.0213. The Morgan fingerprint density at radius 1 is 1.10 bits per heavy atom. The van der Waals surface area contributed by atoms with Crippen molar-refractivity contribution >= 4 is 5.97 Å². The number of halogens is 2. The zero-order valence-corrected chi connectivity index (χ0v) is 11.1. The van der Waals surface area contributed by atoms with Crippen molar-refractivity contribution in [1.29, 1.82) is 0 Å². The van der Waals surface area contributed by atoms with Crippen LogP contribution in [0.25, 0.3) is 0 Å². The van der Waals surface area contributed by atoms with Crippen molar-refractivity contribution < 1.29 is 18.7 Å². The van der Waals surface area contributed by atoms with E-state index in [0.717, 1.165) is 0 Å². The van der Waals surface area contributed by atoms with Crippen LogP contribution in [0.2, 0.25) is 0 Å². The van der Waals surface area contributed by atoms with Crippen LogP contribution in [-0.2, 0) is 10.7 Å². The zero-order valence-electron chi connectivity index (χ0n) is 11.1. The number of nitrogens with zero attached hydrogens (tertiary/aromatic N) is 2. The Labute approximate surface area is 116 Å². The summed E-state index contributed by atoms with van der Waals surface area (Å²) in [5.74, 6) is -3.76. The van der Waals surface area contributed by atoms with E-state index in [9.17, 15) is 13.6 Å². The average molecular weight is 284 g/mol. The zero-order chi connectivity index (χ0) is 14.6. The van der Waals surface area contributed by atoms with Gasteiger partial charge in [0.05, 0.1) is 13.1 Å². The summed E-state index contributed by atoms with van der Waals surface area (Å²) in [4.78, 5) is 14.0. The molecule has 1 aliphatic heterocycles. The quantitative estimate of drug-likeness (QED) is 0.889. The van der Waals surface area contributed by atoms with Crippen molar-refractivity contribution in [3.8, 4) is 0 Å². The lowest BCUT2D eigenvalue weighted by Gasteiger charge is -2.35. The molecule has 1 aromatic rings. The summed E-state index contributed by atoms with van der Waals surface area (Å²) in [6, 6.07) is 7.79. The second-order valence-corrected chi connectivity index (χ2v) is 5.02. The summed E-state index contributed by atoms with van der Waals surface area (Å²) < 4.78 is 28.2.